The van der Waals surface area contributed by atoms with E-state index in [2.05, 4.69) is 4.74 Å². The first-order chi connectivity index (χ1) is 7.65. The lowest BCUT2D eigenvalue weighted by Gasteiger charge is -2.11. The van der Waals surface area contributed by atoms with E-state index in [4.69, 9.17) is 22.1 Å². The molecule has 0 saturated carbocycles. The van der Waals surface area contributed by atoms with Gasteiger partial charge in [-0.05, 0) is 12.1 Å². The number of methoxy groups -OCH3 is 1. The fourth-order valence-electron chi connectivity index (χ4n) is 1.13. The summed E-state index contributed by atoms with van der Waals surface area (Å²) in [6.07, 6.45) is 0.387. The normalized spacial score (nSPS) is 11.9. The van der Waals surface area contributed by atoms with E-state index in [9.17, 15) is 4.79 Å². The minimum absolute atomic E-state index is 0.319. The fourth-order valence-corrected chi connectivity index (χ4v) is 1.32. The van der Waals surface area contributed by atoms with Crippen molar-refractivity contribution in [3.05, 3.63) is 29.3 Å². The van der Waals surface area contributed by atoms with Crippen molar-refractivity contribution in [2.45, 2.75) is 12.5 Å². The number of ether oxygens (including phenoxy) is 2. The molecule has 0 heterocycles. The highest BCUT2D eigenvalue weighted by Gasteiger charge is 2.13. The Balaban J connectivity index is 2.36. The van der Waals surface area contributed by atoms with E-state index in [1.807, 2.05) is 12.1 Å². The first kappa shape index (κ1) is 12.8. The maximum atomic E-state index is 11.0. The highest BCUT2D eigenvalue weighted by molar-refractivity contribution is 6.32. The molecule has 16 heavy (non-hydrogen) atoms. The van der Waals surface area contributed by atoms with Gasteiger partial charge in [0.1, 0.15) is 11.8 Å². The average molecular weight is 244 g/mol. The number of para-hydroxylation sites is 1. The summed E-state index contributed by atoms with van der Waals surface area (Å²) in [7, 11) is 1.30. The molecule has 0 aliphatic rings. The summed E-state index contributed by atoms with van der Waals surface area (Å²) in [5.41, 5.74) is 5.54. The molecule has 0 radical (unpaired) electrons. The van der Waals surface area contributed by atoms with Gasteiger partial charge in [-0.15, -0.1) is 0 Å². The molecular formula is C11H14ClNO3. The van der Waals surface area contributed by atoms with Crippen LogP contribution in [-0.2, 0) is 9.53 Å². The van der Waals surface area contributed by atoms with Crippen LogP contribution in [0.5, 0.6) is 5.75 Å². The lowest BCUT2D eigenvalue weighted by Crippen LogP contribution is -2.33. The molecular weight excluding hydrogens is 230 g/mol. The Morgan fingerprint density at radius 3 is 2.81 bits per heavy atom. The SMILES string of the molecule is COC(=O)C(N)CCOc1ccccc1Cl. The molecule has 0 spiro atoms. The second kappa shape index (κ2) is 6.35. The highest BCUT2D eigenvalue weighted by atomic mass is 35.5. The quantitative estimate of drug-likeness (QED) is 0.799. The van der Waals surface area contributed by atoms with Crippen molar-refractivity contribution in [1.29, 1.82) is 0 Å². The summed E-state index contributed by atoms with van der Waals surface area (Å²) < 4.78 is 9.88. The molecule has 1 rings (SSSR count). The van der Waals surface area contributed by atoms with Crippen LogP contribution >= 0.6 is 11.6 Å². The van der Waals surface area contributed by atoms with E-state index in [-0.39, 0.29) is 0 Å². The fraction of sp³-hybridized carbons (Fsp3) is 0.364. The first-order valence-corrected chi connectivity index (χ1v) is 5.23. The summed E-state index contributed by atoms with van der Waals surface area (Å²) >= 11 is 5.88. The standard InChI is InChI=1S/C11H14ClNO3/c1-15-11(14)9(13)6-7-16-10-5-3-2-4-8(10)12/h2-5,9H,6-7,13H2,1H3. The largest absolute Gasteiger partial charge is 0.492 e. The van der Waals surface area contributed by atoms with Gasteiger partial charge in [0.2, 0.25) is 0 Å². The maximum Gasteiger partial charge on any atom is 0.322 e. The summed E-state index contributed by atoms with van der Waals surface area (Å²) in [6, 6.07) is 6.47. The monoisotopic (exact) mass is 243 g/mol. The number of rotatable bonds is 5. The molecule has 5 heteroatoms. The molecule has 88 valence electrons. The lowest BCUT2D eigenvalue weighted by atomic mass is 10.2. The molecule has 0 aliphatic carbocycles. The van der Waals surface area contributed by atoms with Gasteiger partial charge >= 0.3 is 5.97 Å². The molecule has 1 unspecified atom stereocenters. The summed E-state index contributed by atoms with van der Waals surface area (Å²) in [5.74, 6) is 0.143. The molecule has 2 N–H and O–H groups in total. The van der Waals surface area contributed by atoms with Crippen LogP contribution in [0, 0.1) is 0 Å². The van der Waals surface area contributed by atoms with Gasteiger partial charge in [-0.2, -0.15) is 0 Å². The number of esters is 1. The van der Waals surface area contributed by atoms with Gasteiger partial charge in [0.05, 0.1) is 18.7 Å². The molecule has 0 saturated heterocycles. The van der Waals surface area contributed by atoms with Crippen LogP contribution in [0.4, 0.5) is 0 Å². The molecule has 0 amide bonds. The number of benzene rings is 1. The summed E-state index contributed by atoms with van der Waals surface area (Å²) in [5, 5.41) is 0.536. The van der Waals surface area contributed by atoms with Gasteiger partial charge < -0.3 is 15.2 Å². The van der Waals surface area contributed by atoms with Crippen molar-refractivity contribution >= 4 is 17.6 Å². The first-order valence-electron chi connectivity index (χ1n) is 4.86. The Bertz CT molecular complexity index is 357. The van der Waals surface area contributed by atoms with Crippen molar-refractivity contribution in [1.82, 2.24) is 0 Å². The Kier molecular flexibility index (Phi) is 5.08. The van der Waals surface area contributed by atoms with E-state index in [1.165, 1.54) is 7.11 Å². The number of carbonyl (C=O) groups is 1. The number of nitrogens with two attached hydrogens (primary N) is 1. The third-order valence-electron chi connectivity index (χ3n) is 2.03. The molecule has 1 atom stereocenters. The number of hydrogen-bond acceptors (Lipinski definition) is 4. The van der Waals surface area contributed by atoms with Crippen LogP contribution < -0.4 is 10.5 Å². The predicted molar refractivity (Wildman–Crippen MR) is 61.6 cm³/mol. The molecule has 0 bridgehead atoms. The Morgan fingerprint density at radius 1 is 1.50 bits per heavy atom. The Hall–Kier alpha value is -1.26. The minimum atomic E-state index is -0.660. The smallest absolute Gasteiger partial charge is 0.322 e. The van der Waals surface area contributed by atoms with Crippen LogP contribution in [0.15, 0.2) is 24.3 Å². The zero-order chi connectivity index (χ0) is 12.0. The van der Waals surface area contributed by atoms with Crippen molar-refractivity contribution in [2.75, 3.05) is 13.7 Å². The topological polar surface area (TPSA) is 61.5 Å². The second-order valence-corrected chi connectivity index (χ2v) is 3.60. The van der Waals surface area contributed by atoms with Crippen LogP contribution in [0.1, 0.15) is 6.42 Å². The summed E-state index contributed by atoms with van der Waals surface area (Å²) in [4.78, 5) is 11.0. The minimum Gasteiger partial charge on any atom is -0.492 e. The second-order valence-electron chi connectivity index (χ2n) is 3.20. The lowest BCUT2D eigenvalue weighted by molar-refractivity contribution is -0.142. The van der Waals surface area contributed by atoms with Crippen molar-refractivity contribution in [3.8, 4) is 5.75 Å². The van der Waals surface area contributed by atoms with Crippen LogP contribution in [-0.4, -0.2) is 25.7 Å². The molecule has 4 nitrogen and oxygen atoms in total. The van der Waals surface area contributed by atoms with Crippen LogP contribution in [0.25, 0.3) is 0 Å². The average Bonchev–Trinajstić information content (AvgIpc) is 2.30. The molecule has 1 aromatic carbocycles. The van der Waals surface area contributed by atoms with Gasteiger partial charge in [-0.1, -0.05) is 23.7 Å². The zero-order valence-electron chi connectivity index (χ0n) is 8.98. The third-order valence-corrected chi connectivity index (χ3v) is 2.34. The third kappa shape index (κ3) is 3.72. The van der Waals surface area contributed by atoms with Crippen LogP contribution in [0.2, 0.25) is 5.02 Å². The Morgan fingerprint density at radius 2 is 2.19 bits per heavy atom. The van der Waals surface area contributed by atoms with Crippen molar-refractivity contribution in [2.24, 2.45) is 5.73 Å². The molecule has 1 aromatic rings. The van der Waals surface area contributed by atoms with E-state index < -0.39 is 12.0 Å². The number of hydrogen-bond donors (Lipinski definition) is 1. The Labute approximate surface area is 99.3 Å². The highest BCUT2D eigenvalue weighted by Crippen LogP contribution is 2.23. The molecule has 0 fully saturated rings. The number of halogens is 1. The van der Waals surface area contributed by atoms with Crippen molar-refractivity contribution < 1.29 is 14.3 Å². The molecule has 0 aliphatic heterocycles. The van der Waals surface area contributed by atoms with Crippen LogP contribution in [0.3, 0.4) is 0 Å². The zero-order valence-corrected chi connectivity index (χ0v) is 9.74. The van der Waals surface area contributed by atoms with E-state index in [0.29, 0.717) is 23.8 Å². The number of carbonyl (C=O) groups excluding carboxylic acids is 1. The molecule has 0 aromatic heterocycles. The van der Waals surface area contributed by atoms with Crippen molar-refractivity contribution in [3.63, 3.8) is 0 Å². The van der Waals surface area contributed by atoms with E-state index in [0.717, 1.165) is 0 Å². The summed E-state index contributed by atoms with van der Waals surface area (Å²) in [6.45, 7) is 0.319. The van der Waals surface area contributed by atoms with E-state index >= 15 is 0 Å². The van der Waals surface area contributed by atoms with Gasteiger partial charge in [0.15, 0.2) is 0 Å². The van der Waals surface area contributed by atoms with Gasteiger partial charge in [-0.3, -0.25) is 4.79 Å². The van der Waals surface area contributed by atoms with Gasteiger partial charge in [-0.25, -0.2) is 0 Å². The van der Waals surface area contributed by atoms with Gasteiger partial charge in [0.25, 0.3) is 0 Å². The predicted octanol–water partition coefficient (Wildman–Crippen LogP) is 1.61. The van der Waals surface area contributed by atoms with Gasteiger partial charge in [0, 0.05) is 6.42 Å². The van der Waals surface area contributed by atoms with E-state index in [1.54, 1.807) is 12.1 Å². The maximum absolute atomic E-state index is 11.0.